The van der Waals surface area contributed by atoms with Crippen molar-refractivity contribution in [2.75, 3.05) is 13.1 Å². The van der Waals surface area contributed by atoms with Gasteiger partial charge in [-0.15, -0.1) is 0 Å². The predicted octanol–water partition coefficient (Wildman–Crippen LogP) is 1.43. The van der Waals surface area contributed by atoms with E-state index in [1.165, 1.54) is 11.1 Å². The average Bonchev–Trinajstić information content (AvgIpc) is 2.21. The number of hydrogen-bond acceptors (Lipinski definition) is 1. The molecule has 0 bridgehead atoms. The van der Waals surface area contributed by atoms with E-state index in [-0.39, 0.29) is 0 Å². The first-order valence-electron chi connectivity index (χ1n) is 5.71. The number of aromatic hydroxyl groups is 1. The van der Waals surface area contributed by atoms with Crippen LogP contribution in [0.3, 0.4) is 0 Å². The highest BCUT2D eigenvalue weighted by Gasteiger charge is 2.09. The lowest BCUT2D eigenvalue weighted by atomic mass is 10.0. The van der Waals surface area contributed by atoms with Crippen molar-refractivity contribution < 1.29 is 10.0 Å². The molecule has 0 fully saturated rings. The minimum absolute atomic E-state index is 0.408. The lowest BCUT2D eigenvalue weighted by Gasteiger charge is -2.17. The summed E-state index contributed by atoms with van der Waals surface area (Å²) in [7, 11) is 0. The number of quaternary nitrogens is 1. The summed E-state index contributed by atoms with van der Waals surface area (Å²) in [4.78, 5) is 1.57. The molecule has 84 valence electrons. The molecule has 0 aromatic heterocycles. The van der Waals surface area contributed by atoms with Crippen LogP contribution in [0.5, 0.6) is 5.75 Å². The molecule has 1 aromatic carbocycles. The van der Waals surface area contributed by atoms with Crippen LogP contribution >= 0.6 is 0 Å². The van der Waals surface area contributed by atoms with Gasteiger partial charge in [0.15, 0.2) is 0 Å². The standard InChI is InChI=1S/C13H21NO/c1-5-14(6-2)9-12-7-11(4)13(15)8-10(12)3/h7-8,15H,5-6,9H2,1-4H3/p+1. The molecule has 0 amide bonds. The maximum atomic E-state index is 9.57. The van der Waals surface area contributed by atoms with Crippen LogP contribution in [-0.4, -0.2) is 18.2 Å². The normalized spacial score (nSPS) is 11.0. The van der Waals surface area contributed by atoms with E-state index in [0.717, 1.165) is 25.2 Å². The fourth-order valence-corrected chi connectivity index (χ4v) is 1.82. The summed E-state index contributed by atoms with van der Waals surface area (Å²) < 4.78 is 0. The van der Waals surface area contributed by atoms with Crippen LogP contribution in [0.25, 0.3) is 0 Å². The molecule has 0 aliphatic rings. The number of rotatable bonds is 4. The van der Waals surface area contributed by atoms with Gasteiger partial charge in [0.25, 0.3) is 0 Å². The molecule has 0 atom stereocenters. The zero-order valence-electron chi connectivity index (χ0n) is 10.2. The second-order valence-corrected chi connectivity index (χ2v) is 4.20. The van der Waals surface area contributed by atoms with Gasteiger partial charge < -0.3 is 10.0 Å². The molecular weight excluding hydrogens is 186 g/mol. The SMILES string of the molecule is CC[NH+](CC)Cc1cc(C)c(O)cc1C. The number of phenolic OH excluding ortho intramolecular Hbond substituents is 1. The first-order chi connectivity index (χ1) is 7.08. The Morgan fingerprint density at radius 2 is 1.67 bits per heavy atom. The van der Waals surface area contributed by atoms with Crippen molar-refractivity contribution in [3.8, 4) is 5.75 Å². The van der Waals surface area contributed by atoms with Gasteiger partial charge in [0.05, 0.1) is 13.1 Å². The summed E-state index contributed by atoms with van der Waals surface area (Å²) in [5, 5.41) is 9.57. The van der Waals surface area contributed by atoms with Crippen LogP contribution in [0.1, 0.15) is 30.5 Å². The molecule has 0 saturated heterocycles. The van der Waals surface area contributed by atoms with Crippen molar-refractivity contribution in [3.63, 3.8) is 0 Å². The molecule has 2 N–H and O–H groups in total. The number of hydrogen-bond donors (Lipinski definition) is 2. The number of benzene rings is 1. The van der Waals surface area contributed by atoms with E-state index in [1.54, 1.807) is 4.90 Å². The van der Waals surface area contributed by atoms with Crippen molar-refractivity contribution in [2.45, 2.75) is 34.2 Å². The molecule has 0 aliphatic carbocycles. The summed E-state index contributed by atoms with van der Waals surface area (Å²) in [6.07, 6.45) is 0. The Labute approximate surface area is 92.5 Å². The van der Waals surface area contributed by atoms with Gasteiger partial charge in [-0.05, 0) is 51.0 Å². The number of phenols is 1. The highest BCUT2D eigenvalue weighted by molar-refractivity contribution is 5.40. The summed E-state index contributed by atoms with van der Waals surface area (Å²) in [6.45, 7) is 11.8. The van der Waals surface area contributed by atoms with Crippen molar-refractivity contribution in [1.29, 1.82) is 0 Å². The molecule has 0 heterocycles. The molecule has 0 unspecified atom stereocenters. The molecule has 15 heavy (non-hydrogen) atoms. The Morgan fingerprint density at radius 1 is 1.07 bits per heavy atom. The van der Waals surface area contributed by atoms with E-state index in [2.05, 4.69) is 26.8 Å². The van der Waals surface area contributed by atoms with Gasteiger partial charge >= 0.3 is 0 Å². The average molecular weight is 208 g/mol. The van der Waals surface area contributed by atoms with E-state index in [1.807, 2.05) is 13.0 Å². The van der Waals surface area contributed by atoms with Crippen LogP contribution in [0.15, 0.2) is 12.1 Å². The predicted molar refractivity (Wildman–Crippen MR) is 63.3 cm³/mol. The van der Waals surface area contributed by atoms with Gasteiger partial charge in [-0.3, -0.25) is 0 Å². The van der Waals surface area contributed by atoms with E-state index in [0.29, 0.717) is 5.75 Å². The maximum absolute atomic E-state index is 9.57. The number of nitrogens with one attached hydrogen (secondary N) is 1. The van der Waals surface area contributed by atoms with Crippen LogP contribution in [0.4, 0.5) is 0 Å². The smallest absolute Gasteiger partial charge is 0.118 e. The van der Waals surface area contributed by atoms with E-state index in [4.69, 9.17) is 0 Å². The minimum atomic E-state index is 0.408. The second kappa shape index (κ2) is 5.17. The van der Waals surface area contributed by atoms with E-state index in [9.17, 15) is 5.11 Å². The Bertz CT molecular complexity index is 330. The molecular formula is C13H22NO+. The summed E-state index contributed by atoms with van der Waals surface area (Å²) in [6, 6.07) is 3.98. The van der Waals surface area contributed by atoms with Crippen molar-refractivity contribution >= 4 is 0 Å². The fourth-order valence-electron chi connectivity index (χ4n) is 1.82. The third-order valence-corrected chi connectivity index (χ3v) is 3.09. The van der Waals surface area contributed by atoms with E-state index >= 15 is 0 Å². The van der Waals surface area contributed by atoms with Crippen LogP contribution in [0.2, 0.25) is 0 Å². The monoisotopic (exact) mass is 208 g/mol. The van der Waals surface area contributed by atoms with Crippen molar-refractivity contribution in [2.24, 2.45) is 0 Å². The Balaban J connectivity index is 2.89. The molecule has 0 radical (unpaired) electrons. The van der Waals surface area contributed by atoms with Crippen molar-refractivity contribution in [3.05, 3.63) is 28.8 Å². The zero-order valence-corrected chi connectivity index (χ0v) is 10.2. The highest BCUT2D eigenvalue weighted by atomic mass is 16.3. The molecule has 0 aliphatic heterocycles. The van der Waals surface area contributed by atoms with Gasteiger partial charge in [0.1, 0.15) is 12.3 Å². The topological polar surface area (TPSA) is 24.7 Å². The lowest BCUT2D eigenvalue weighted by molar-refractivity contribution is -0.910. The third kappa shape index (κ3) is 2.96. The van der Waals surface area contributed by atoms with Crippen LogP contribution < -0.4 is 4.90 Å². The Morgan fingerprint density at radius 3 is 2.20 bits per heavy atom. The molecule has 0 saturated carbocycles. The first-order valence-corrected chi connectivity index (χ1v) is 5.71. The first kappa shape index (κ1) is 12.1. The fraction of sp³-hybridized carbons (Fsp3) is 0.538. The Kier molecular flexibility index (Phi) is 4.15. The van der Waals surface area contributed by atoms with Gasteiger partial charge in [-0.25, -0.2) is 0 Å². The zero-order chi connectivity index (χ0) is 11.4. The van der Waals surface area contributed by atoms with E-state index < -0.39 is 0 Å². The van der Waals surface area contributed by atoms with Gasteiger partial charge in [0.2, 0.25) is 0 Å². The highest BCUT2D eigenvalue weighted by Crippen LogP contribution is 2.20. The lowest BCUT2D eigenvalue weighted by Crippen LogP contribution is -3.10. The van der Waals surface area contributed by atoms with Crippen LogP contribution in [-0.2, 0) is 6.54 Å². The van der Waals surface area contributed by atoms with Gasteiger partial charge in [-0.2, -0.15) is 0 Å². The minimum Gasteiger partial charge on any atom is -0.508 e. The molecule has 2 nitrogen and oxygen atoms in total. The van der Waals surface area contributed by atoms with Gasteiger partial charge in [-0.1, -0.05) is 0 Å². The summed E-state index contributed by atoms with van der Waals surface area (Å²) >= 11 is 0. The molecule has 1 aromatic rings. The summed E-state index contributed by atoms with van der Waals surface area (Å²) in [5.41, 5.74) is 3.52. The largest absolute Gasteiger partial charge is 0.508 e. The second-order valence-electron chi connectivity index (χ2n) is 4.20. The molecule has 1 rings (SSSR count). The van der Waals surface area contributed by atoms with Crippen molar-refractivity contribution in [1.82, 2.24) is 0 Å². The van der Waals surface area contributed by atoms with Gasteiger partial charge in [0, 0.05) is 5.56 Å². The molecule has 0 spiro atoms. The maximum Gasteiger partial charge on any atom is 0.118 e. The quantitative estimate of drug-likeness (QED) is 0.769. The Hall–Kier alpha value is -1.02. The third-order valence-electron chi connectivity index (χ3n) is 3.09. The summed E-state index contributed by atoms with van der Waals surface area (Å²) in [5.74, 6) is 0.408. The van der Waals surface area contributed by atoms with Crippen LogP contribution in [0, 0.1) is 13.8 Å². The number of aryl methyl sites for hydroxylation is 2. The molecule has 2 heteroatoms.